The maximum absolute atomic E-state index is 11.2. The van der Waals surface area contributed by atoms with E-state index in [-0.39, 0.29) is 6.61 Å². The Bertz CT molecular complexity index is 901. The van der Waals surface area contributed by atoms with E-state index < -0.39 is 111 Å². The van der Waals surface area contributed by atoms with Gasteiger partial charge in [0.25, 0.3) is 0 Å². The molecule has 0 aromatic carbocycles. The van der Waals surface area contributed by atoms with Crippen LogP contribution < -0.4 is 5.73 Å². The van der Waals surface area contributed by atoms with Crippen molar-refractivity contribution in [3.63, 3.8) is 0 Å². The second-order valence-electron chi connectivity index (χ2n) is 12.6. The van der Waals surface area contributed by atoms with Gasteiger partial charge in [-0.15, -0.1) is 0 Å². The summed E-state index contributed by atoms with van der Waals surface area (Å²) >= 11 is 0. The van der Waals surface area contributed by atoms with Crippen LogP contribution in [0.4, 0.5) is 0 Å². The first-order valence-electron chi connectivity index (χ1n) is 15.9. The molecule has 17 heteroatoms. The van der Waals surface area contributed by atoms with Gasteiger partial charge in [0.15, 0.2) is 18.7 Å². The minimum absolute atomic E-state index is 0.127. The number of ether oxygens (including phenoxy) is 8. The molecule has 0 amide bonds. The maximum atomic E-state index is 11.2. The van der Waals surface area contributed by atoms with Crippen LogP contribution in [0.15, 0.2) is 0 Å². The number of rotatable bonds is 17. The van der Waals surface area contributed by atoms with Gasteiger partial charge in [0.2, 0.25) is 0 Å². The van der Waals surface area contributed by atoms with Gasteiger partial charge in [0, 0.05) is 13.2 Å². The molecule has 14 atom stereocenters. The second-order valence-corrected chi connectivity index (χ2v) is 12.6. The van der Waals surface area contributed by atoms with E-state index in [2.05, 4.69) is 0 Å². The summed E-state index contributed by atoms with van der Waals surface area (Å²) in [5, 5.41) is 85.6. The average molecular weight is 674 g/mol. The van der Waals surface area contributed by atoms with Gasteiger partial charge in [-0.3, -0.25) is 4.74 Å². The van der Waals surface area contributed by atoms with Gasteiger partial charge in [-0.05, 0) is 60.4 Å². The standard InChI is InChI=1S/C29H55NO16/c1-6-39-29(38)24(37)23(45-26-20(36)21(41-14(2)3)18(34)16(13-32)43-26)27(46-29)44-22-19(35)17(33)15(12-31)42-25(22)28(4,5)40-11-9-7-8-10-30/h14-27,31-38H,6-13,30H2,1-5H3/t15-,16?,17-,18-,19?,20?,21?,22?,23?,24?,25+,26+,27+,29-/m1/s1. The van der Waals surface area contributed by atoms with Gasteiger partial charge in [0.05, 0.1) is 24.9 Å². The van der Waals surface area contributed by atoms with Crippen LogP contribution in [-0.4, -0.2) is 171 Å². The Morgan fingerprint density at radius 2 is 1.43 bits per heavy atom. The van der Waals surface area contributed by atoms with Crippen molar-refractivity contribution in [1.82, 2.24) is 0 Å². The lowest BCUT2D eigenvalue weighted by Gasteiger charge is -2.48. The van der Waals surface area contributed by atoms with Crippen LogP contribution in [-0.2, 0) is 37.9 Å². The van der Waals surface area contributed by atoms with E-state index in [1.807, 2.05) is 0 Å². The van der Waals surface area contributed by atoms with Gasteiger partial charge >= 0.3 is 5.97 Å². The molecule has 0 bridgehead atoms. The third kappa shape index (κ3) is 9.10. The fraction of sp³-hybridized carbons (Fsp3) is 1.00. The molecule has 3 rings (SSSR count). The molecule has 0 aromatic rings. The van der Waals surface area contributed by atoms with Crippen LogP contribution in [0.5, 0.6) is 0 Å². The monoisotopic (exact) mass is 673 g/mol. The topological polar surface area (TPSA) is 262 Å². The normalized spacial score (nSPS) is 42.2. The van der Waals surface area contributed by atoms with Crippen molar-refractivity contribution in [2.75, 3.05) is 33.0 Å². The van der Waals surface area contributed by atoms with Crippen LogP contribution in [0.25, 0.3) is 0 Å². The number of hydrogen-bond donors (Lipinski definition) is 9. The van der Waals surface area contributed by atoms with E-state index in [9.17, 15) is 40.9 Å². The Morgan fingerprint density at radius 1 is 0.804 bits per heavy atom. The Balaban J connectivity index is 1.91. The third-order valence-electron chi connectivity index (χ3n) is 8.30. The van der Waals surface area contributed by atoms with Crippen LogP contribution >= 0.6 is 0 Å². The van der Waals surface area contributed by atoms with Crippen molar-refractivity contribution in [3.8, 4) is 0 Å². The quantitative estimate of drug-likeness (QED) is 0.0544. The zero-order valence-corrected chi connectivity index (χ0v) is 27.2. The summed E-state index contributed by atoms with van der Waals surface area (Å²) in [5.41, 5.74) is 4.39. The van der Waals surface area contributed by atoms with E-state index in [0.29, 0.717) is 19.6 Å². The SMILES string of the molecule is CCO[C@@]1(O)O[C@H](OC2C(O)[C@H](O)[C@@H](CO)O[C@@H]2C(C)(C)OCCCCCN)C(O[C@@H]2OC(CO)[C@@H](O)C(OC(C)C)C2O)C1O. The van der Waals surface area contributed by atoms with Crippen molar-refractivity contribution in [2.24, 2.45) is 5.73 Å². The molecular formula is C29H55NO16. The highest BCUT2D eigenvalue weighted by Gasteiger charge is 2.61. The Labute approximate surface area is 269 Å². The number of aliphatic hydroxyl groups is 8. The lowest BCUT2D eigenvalue weighted by molar-refractivity contribution is -0.401. The first-order chi connectivity index (χ1) is 21.6. The zero-order chi connectivity index (χ0) is 34.4. The molecule has 0 aliphatic carbocycles. The summed E-state index contributed by atoms with van der Waals surface area (Å²) in [7, 11) is 0. The Morgan fingerprint density at radius 3 is 2.02 bits per heavy atom. The summed E-state index contributed by atoms with van der Waals surface area (Å²) in [6.07, 6.45) is -17.9. The number of aliphatic hydroxyl groups excluding tert-OH is 7. The molecule has 0 aromatic heterocycles. The second kappa shape index (κ2) is 17.3. The minimum atomic E-state index is -2.69. The van der Waals surface area contributed by atoms with Gasteiger partial charge in [-0.25, -0.2) is 0 Å². The summed E-state index contributed by atoms with van der Waals surface area (Å²) in [6.45, 7) is 7.63. The molecule has 46 heavy (non-hydrogen) atoms. The highest BCUT2D eigenvalue weighted by Crippen LogP contribution is 2.40. The summed E-state index contributed by atoms with van der Waals surface area (Å²) in [6, 6.07) is 0. The molecule has 7 unspecified atom stereocenters. The van der Waals surface area contributed by atoms with Gasteiger partial charge in [0.1, 0.15) is 61.0 Å². The molecule has 0 spiro atoms. The molecule has 272 valence electrons. The minimum Gasteiger partial charge on any atom is -0.394 e. The Kier molecular flexibility index (Phi) is 15.0. The molecular weight excluding hydrogens is 618 g/mol. The number of hydrogen-bond acceptors (Lipinski definition) is 17. The third-order valence-corrected chi connectivity index (χ3v) is 8.30. The smallest absolute Gasteiger partial charge is 0.313 e. The fourth-order valence-corrected chi connectivity index (χ4v) is 5.82. The Hall–Kier alpha value is -0.680. The highest BCUT2D eigenvalue weighted by molar-refractivity contribution is 5.01. The largest absolute Gasteiger partial charge is 0.394 e. The molecule has 3 saturated heterocycles. The zero-order valence-electron chi connectivity index (χ0n) is 27.2. The summed E-state index contributed by atoms with van der Waals surface area (Å²) in [4.78, 5) is 0. The summed E-state index contributed by atoms with van der Waals surface area (Å²) < 4.78 is 46.2. The van der Waals surface area contributed by atoms with Crippen molar-refractivity contribution < 1.29 is 78.7 Å². The van der Waals surface area contributed by atoms with E-state index in [0.717, 1.165) is 12.8 Å². The van der Waals surface area contributed by atoms with Crippen LogP contribution in [0, 0.1) is 0 Å². The molecule has 10 N–H and O–H groups in total. The predicted molar refractivity (Wildman–Crippen MR) is 156 cm³/mol. The predicted octanol–water partition coefficient (Wildman–Crippen LogP) is -3.21. The van der Waals surface area contributed by atoms with E-state index in [4.69, 9.17) is 43.6 Å². The van der Waals surface area contributed by atoms with Crippen molar-refractivity contribution >= 4 is 0 Å². The maximum Gasteiger partial charge on any atom is 0.313 e. The van der Waals surface area contributed by atoms with Crippen LogP contribution in [0.2, 0.25) is 0 Å². The van der Waals surface area contributed by atoms with E-state index in [1.165, 1.54) is 6.92 Å². The molecule has 3 aliphatic heterocycles. The van der Waals surface area contributed by atoms with Gasteiger partial charge in [-0.1, -0.05) is 0 Å². The number of unbranched alkanes of at least 4 members (excludes halogenated alkanes) is 2. The van der Waals surface area contributed by atoms with E-state index >= 15 is 0 Å². The van der Waals surface area contributed by atoms with Crippen molar-refractivity contribution in [1.29, 1.82) is 0 Å². The molecule has 3 fully saturated rings. The van der Waals surface area contributed by atoms with Crippen LogP contribution in [0.1, 0.15) is 53.9 Å². The van der Waals surface area contributed by atoms with E-state index in [1.54, 1.807) is 27.7 Å². The lowest BCUT2D eigenvalue weighted by Crippen LogP contribution is -2.66. The lowest BCUT2D eigenvalue weighted by atomic mass is 9.86. The first-order valence-corrected chi connectivity index (χ1v) is 15.9. The van der Waals surface area contributed by atoms with Crippen molar-refractivity contribution in [2.45, 2.75) is 151 Å². The van der Waals surface area contributed by atoms with Crippen LogP contribution in [0.3, 0.4) is 0 Å². The molecule has 3 heterocycles. The fourth-order valence-electron chi connectivity index (χ4n) is 5.82. The average Bonchev–Trinajstić information content (AvgIpc) is 3.22. The number of nitrogens with two attached hydrogens (primary N) is 1. The first kappa shape index (κ1) is 39.8. The summed E-state index contributed by atoms with van der Waals surface area (Å²) in [5.74, 6) is -2.69. The van der Waals surface area contributed by atoms with Gasteiger partial charge < -0.3 is 79.7 Å². The molecule has 3 aliphatic rings. The molecule has 0 saturated carbocycles. The van der Waals surface area contributed by atoms with Crippen molar-refractivity contribution in [3.05, 3.63) is 0 Å². The highest BCUT2D eigenvalue weighted by atomic mass is 16.9. The molecule has 17 nitrogen and oxygen atoms in total. The molecule has 0 radical (unpaired) electrons. The van der Waals surface area contributed by atoms with Gasteiger partial charge in [-0.2, -0.15) is 0 Å².